The number of hydrogen-bond acceptors (Lipinski definition) is 4. The lowest BCUT2D eigenvalue weighted by Crippen LogP contribution is -2.43. The maximum absolute atomic E-state index is 13.3. The number of anilines is 1. The Labute approximate surface area is 203 Å². The summed E-state index contributed by atoms with van der Waals surface area (Å²) >= 11 is 0. The van der Waals surface area contributed by atoms with Gasteiger partial charge in [0, 0.05) is 12.2 Å². The van der Waals surface area contributed by atoms with Crippen LogP contribution in [-0.2, 0) is 27.3 Å². The number of nitrogens with zero attached hydrogens (tertiary/aromatic N) is 1. The van der Waals surface area contributed by atoms with E-state index in [1.807, 2.05) is 25.1 Å². The van der Waals surface area contributed by atoms with Gasteiger partial charge in [0.25, 0.3) is 0 Å². The monoisotopic (exact) mass is 477 g/mol. The number of ether oxygens (including phenoxy) is 1. The van der Waals surface area contributed by atoms with E-state index < -0.39 is 5.91 Å². The molecule has 182 valence electrons. The predicted octanol–water partition coefficient (Wildman–Crippen LogP) is 3.47. The number of amides is 3. The third kappa shape index (κ3) is 8.26. The third-order valence-corrected chi connectivity index (χ3v) is 5.24. The van der Waals surface area contributed by atoms with Crippen LogP contribution in [0, 0.1) is 12.7 Å². The standard InChI is InChI=1S/C27H28FN3O4/c1-19-4-3-5-23(14-19)30-25(32)16-29-26(33)18-31(17-21-6-10-22(28)11-7-21)27(34)15-20-8-12-24(35-2)13-9-20/h3-14H,15-18H2,1-2H3,(H,29,33)(H,30,32). The molecule has 3 aromatic carbocycles. The highest BCUT2D eigenvalue weighted by atomic mass is 19.1. The Morgan fingerprint density at radius 1 is 0.914 bits per heavy atom. The molecule has 3 aromatic rings. The van der Waals surface area contributed by atoms with E-state index in [2.05, 4.69) is 10.6 Å². The van der Waals surface area contributed by atoms with Crippen molar-refractivity contribution in [3.63, 3.8) is 0 Å². The SMILES string of the molecule is COc1ccc(CC(=O)N(CC(=O)NCC(=O)Nc2cccc(C)c2)Cc2ccc(F)cc2)cc1. The Balaban J connectivity index is 1.61. The first kappa shape index (κ1) is 25.4. The predicted molar refractivity (Wildman–Crippen MR) is 131 cm³/mol. The van der Waals surface area contributed by atoms with E-state index >= 15 is 0 Å². The van der Waals surface area contributed by atoms with Crippen LogP contribution in [0.4, 0.5) is 10.1 Å². The number of hydrogen-bond donors (Lipinski definition) is 2. The Bertz CT molecular complexity index is 1160. The van der Waals surface area contributed by atoms with Crippen LogP contribution in [0.5, 0.6) is 5.75 Å². The van der Waals surface area contributed by atoms with E-state index in [-0.39, 0.29) is 43.7 Å². The molecule has 35 heavy (non-hydrogen) atoms. The summed E-state index contributed by atoms with van der Waals surface area (Å²) in [6.45, 7) is 1.56. The molecule has 0 aliphatic heterocycles. The molecule has 0 bridgehead atoms. The van der Waals surface area contributed by atoms with Crippen molar-refractivity contribution >= 4 is 23.4 Å². The molecule has 0 aliphatic rings. The zero-order chi connectivity index (χ0) is 25.2. The van der Waals surface area contributed by atoms with Crippen LogP contribution in [-0.4, -0.2) is 42.8 Å². The molecule has 8 heteroatoms. The molecule has 0 aromatic heterocycles. The van der Waals surface area contributed by atoms with Crippen LogP contribution in [0.15, 0.2) is 72.8 Å². The molecule has 0 aliphatic carbocycles. The number of halogens is 1. The quantitative estimate of drug-likeness (QED) is 0.468. The van der Waals surface area contributed by atoms with Gasteiger partial charge in [-0.15, -0.1) is 0 Å². The highest BCUT2D eigenvalue weighted by molar-refractivity contribution is 5.95. The van der Waals surface area contributed by atoms with Gasteiger partial charge in [-0.1, -0.05) is 36.4 Å². The molecule has 0 radical (unpaired) electrons. The largest absolute Gasteiger partial charge is 0.497 e. The highest BCUT2D eigenvalue weighted by Gasteiger charge is 2.19. The van der Waals surface area contributed by atoms with Gasteiger partial charge in [-0.2, -0.15) is 0 Å². The van der Waals surface area contributed by atoms with E-state index in [0.717, 1.165) is 11.1 Å². The van der Waals surface area contributed by atoms with E-state index in [9.17, 15) is 18.8 Å². The van der Waals surface area contributed by atoms with Crippen molar-refractivity contribution < 1.29 is 23.5 Å². The van der Waals surface area contributed by atoms with Crippen molar-refractivity contribution in [2.45, 2.75) is 19.9 Å². The number of carbonyl (C=O) groups excluding carboxylic acids is 3. The van der Waals surface area contributed by atoms with Gasteiger partial charge in [0.05, 0.1) is 26.6 Å². The summed E-state index contributed by atoms with van der Waals surface area (Å²) in [6.07, 6.45) is 0.0757. The minimum Gasteiger partial charge on any atom is -0.497 e. The fraction of sp³-hybridized carbons (Fsp3) is 0.222. The summed E-state index contributed by atoms with van der Waals surface area (Å²) in [5.41, 5.74) is 3.08. The molecule has 0 saturated carbocycles. The molecule has 0 atom stereocenters. The Kier molecular flexibility index (Phi) is 8.95. The first-order chi connectivity index (χ1) is 16.8. The molecule has 3 rings (SSSR count). The van der Waals surface area contributed by atoms with Crippen LogP contribution in [0.25, 0.3) is 0 Å². The summed E-state index contributed by atoms with van der Waals surface area (Å²) in [6, 6.07) is 20.1. The van der Waals surface area contributed by atoms with Gasteiger partial charge in [0.2, 0.25) is 17.7 Å². The van der Waals surface area contributed by atoms with Gasteiger partial charge < -0.3 is 20.3 Å². The second-order valence-electron chi connectivity index (χ2n) is 8.10. The summed E-state index contributed by atoms with van der Waals surface area (Å²) in [5.74, 6) is -0.845. The number of carbonyl (C=O) groups is 3. The van der Waals surface area contributed by atoms with Gasteiger partial charge >= 0.3 is 0 Å². The van der Waals surface area contributed by atoms with Crippen molar-refractivity contribution in [1.82, 2.24) is 10.2 Å². The van der Waals surface area contributed by atoms with Crippen molar-refractivity contribution in [2.24, 2.45) is 0 Å². The van der Waals surface area contributed by atoms with Crippen LogP contribution in [0.1, 0.15) is 16.7 Å². The van der Waals surface area contributed by atoms with Gasteiger partial charge in [0.1, 0.15) is 11.6 Å². The molecular weight excluding hydrogens is 449 g/mol. The van der Waals surface area contributed by atoms with E-state index in [1.54, 1.807) is 49.6 Å². The Morgan fingerprint density at radius 3 is 2.26 bits per heavy atom. The molecule has 0 spiro atoms. The van der Waals surface area contributed by atoms with Gasteiger partial charge in [0.15, 0.2) is 0 Å². The molecule has 0 fully saturated rings. The molecular formula is C27H28FN3O4. The van der Waals surface area contributed by atoms with Gasteiger partial charge in [-0.3, -0.25) is 14.4 Å². The summed E-state index contributed by atoms with van der Waals surface area (Å²) < 4.78 is 18.4. The Morgan fingerprint density at radius 2 is 1.60 bits per heavy atom. The van der Waals surface area contributed by atoms with Crippen LogP contribution < -0.4 is 15.4 Å². The van der Waals surface area contributed by atoms with E-state index in [0.29, 0.717) is 17.0 Å². The van der Waals surface area contributed by atoms with E-state index in [4.69, 9.17) is 4.74 Å². The van der Waals surface area contributed by atoms with Crippen molar-refractivity contribution in [3.05, 3.63) is 95.3 Å². The molecule has 0 saturated heterocycles. The molecule has 0 unspecified atom stereocenters. The first-order valence-electron chi connectivity index (χ1n) is 11.1. The van der Waals surface area contributed by atoms with Gasteiger partial charge in [-0.25, -0.2) is 4.39 Å². The first-order valence-corrected chi connectivity index (χ1v) is 11.1. The number of aryl methyl sites for hydroxylation is 1. The smallest absolute Gasteiger partial charge is 0.243 e. The van der Waals surface area contributed by atoms with Crippen molar-refractivity contribution in [2.75, 3.05) is 25.5 Å². The van der Waals surface area contributed by atoms with Crippen molar-refractivity contribution in [1.29, 1.82) is 0 Å². The van der Waals surface area contributed by atoms with Crippen LogP contribution in [0.3, 0.4) is 0 Å². The lowest BCUT2D eigenvalue weighted by molar-refractivity contribution is -0.136. The van der Waals surface area contributed by atoms with E-state index in [1.165, 1.54) is 17.0 Å². The lowest BCUT2D eigenvalue weighted by atomic mass is 10.1. The second kappa shape index (κ2) is 12.3. The van der Waals surface area contributed by atoms with Crippen LogP contribution >= 0.6 is 0 Å². The van der Waals surface area contributed by atoms with Gasteiger partial charge in [-0.05, 0) is 60.0 Å². The number of benzene rings is 3. The van der Waals surface area contributed by atoms with Crippen molar-refractivity contribution in [3.8, 4) is 5.75 Å². The maximum Gasteiger partial charge on any atom is 0.243 e. The summed E-state index contributed by atoms with van der Waals surface area (Å²) in [7, 11) is 1.56. The number of methoxy groups -OCH3 is 1. The molecule has 2 N–H and O–H groups in total. The third-order valence-electron chi connectivity index (χ3n) is 5.24. The molecule has 3 amide bonds. The Hall–Kier alpha value is -4.20. The minimum absolute atomic E-state index is 0.0757. The summed E-state index contributed by atoms with van der Waals surface area (Å²) in [5, 5.41) is 5.28. The lowest BCUT2D eigenvalue weighted by Gasteiger charge is -2.22. The number of rotatable bonds is 10. The average Bonchev–Trinajstić information content (AvgIpc) is 2.84. The van der Waals surface area contributed by atoms with Crippen LogP contribution in [0.2, 0.25) is 0 Å². The highest BCUT2D eigenvalue weighted by Crippen LogP contribution is 2.14. The zero-order valence-electron chi connectivity index (χ0n) is 19.7. The zero-order valence-corrected chi connectivity index (χ0v) is 19.7. The topological polar surface area (TPSA) is 87.7 Å². The normalized spacial score (nSPS) is 10.4. The number of nitrogens with one attached hydrogen (secondary N) is 2. The minimum atomic E-state index is -0.477. The summed E-state index contributed by atoms with van der Waals surface area (Å²) in [4.78, 5) is 39.2. The fourth-order valence-electron chi connectivity index (χ4n) is 3.41. The average molecular weight is 478 g/mol. The molecule has 0 heterocycles. The fourth-order valence-corrected chi connectivity index (χ4v) is 3.41. The molecule has 7 nitrogen and oxygen atoms in total. The second-order valence-corrected chi connectivity index (χ2v) is 8.10. The maximum atomic E-state index is 13.3.